The van der Waals surface area contributed by atoms with Crippen LogP contribution in [0.3, 0.4) is 0 Å². The minimum absolute atomic E-state index is 0.160. The van der Waals surface area contributed by atoms with Crippen molar-refractivity contribution in [1.29, 1.82) is 0 Å². The molecular formula is C39H44N4O6. The number of carbonyl (C=O) groups is 2. The number of hydrogen-bond donors (Lipinski definition) is 2. The molecule has 0 aliphatic heterocycles. The fraction of sp³-hybridized carbons (Fsp3) is 0.308. The summed E-state index contributed by atoms with van der Waals surface area (Å²) in [5, 5.41) is 6.40. The fourth-order valence-electron chi connectivity index (χ4n) is 4.75. The second kappa shape index (κ2) is 17.0. The molecule has 10 nitrogen and oxygen atoms in total. The average Bonchev–Trinajstić information content (AvgIpc) is 3.03. The lowest BCUT2D eigenvalue weighted by atomic mass is 9.83. The molecule has 10 heteroatoms. The summed E-state index contributed by atoms with van der Waals surface area (Å²) in [7, 11) is 0. The number of allylic oxidation sites excluding steroid dienone is 1. The number of amides is 1. The van der Waals surface area contributed by atoms with E-state index in [0.29, 0.717) is 35.8 Å². The zero-order valence-corrected chi connectivity index (χ0v) is 29.1. The summed E-state index contributed by atoms with van der Waals surface area (Å²) < 4.78 is 11.1. The molecule has 0 unspecified atom stereocenters. The Morgan fingerprint density at radius 3 is 2.06 bits per heavy atom. The summed E-state index contributed by atoms with van der Waals surface area (Å²) in [5.41, 5.74) is 4.16. The predicted molar refractivity (Wildman–Crippen MR) is 189 cm³/mol. The first-order valence-corrected chi connectivity index (χ1v) is 15.8. The van der Waals surface area contributed by atoms with Crippen molar-refractivity contribution < 1.29 is 28.7 Å². The molecule has 1 atom stereocenters. The molecule has 1 aromatic heterocycles. The molecule has 4 rings (SSSR count). The van der Waals surface area contributed by atoms with Gasteiger partial charge in [-0.05, 0) is 87.9 Å². The third-order valence-corrected chi connectivity index (χ3v) is 7.29. The summed E-state index contributed by atoms with van der Waals surface area (Å²) in [6.45, 7) is 17.6. The number of nitrogens with zero attached hydrogens (tertiary/aromatic N) is 2. The van der Waals surface area contributed by atoms with Crippen molar-refractivity contribution in [1.82, 2.24) is 15.3 Å². The van der Waals surface area contributed by atoms with Gasteiger partial charge in [-0.2, -0.15) is 9.59 Å². The van der Waals surface area contributed by atoms with Crippen molar-refractivity contribution in [3.05, 3.63) is 114 Å². The van der Waals surface area contributed by atoms with Crippen LogP contribution in [0, 0.1) is 12.3 Å². The van der Waals surface area contributed by atoms with Gasteiger partial charge in [-0.25, -0.2) is 19.6 Å². The molecule has 0 saturated heterocycles. The summed E-state index contributed by atoms with van der Waals surface area (Å²) >= 11 is 0. The van der Waals surface area contributed by atoms with Gasteiger partial charge in [0, 0.05) is 28.6 Å². The summed E-state index contributed by atoms with van der Waals surface area (Å²) in [6.07, 6.45) is 2.84. The molecule has 0 spiro atoms. The number of anilines is 2. The van der Waals surface area contributed by atoms with E-state index in [-0.39, 0.29) is 17.6 Å². The molecule has 49 heavy (non-hydrogen) atoms. The molecule has 0 radical (unpaired) electrons. The first-order valence-electron chi connectivity index (χ1n) is 15.8. The van der Waals surface area contributed by atoms with Crippen LogP contribution >= 0.6 is 0 Å². The van der Waals surface area contributed by atoms with Gasteiger partial charge in [0.1, 0.15) is 17.2 Å². The number of ether oxygens (including phenoxy) is 2. The molecule has 0 fully saturated rings. The highest BCUT2D eigenvalue weighted by Crippen LogP contribution is 2.27. The molecule has 0 aliphatic carbocycles. The van der Waals surface area contributed by atoms with Gasteiger partial charge >= 0.3 is 18.2 Å². The summed E-state index contributed by atoms with van der Waals surface area (Å²) in [5.74, 6) is 1.29. The molecule has 4 aromatic rings. The number of benzene rings is 3. The number of aryl methyl sites for hydroxylation is 1. The van der Waals surface area contributed by atoms with Crippen LogP contribution < -0.4 is 15.4 Å². The highest BCUT2D eigenvalue weighted by molar-refractivity contribution is 5.91. The summed E-state index contributed by atoms with van der Waals surface area (Å²) in [4.78, 5) is 51.2. The molecule has 1 amide bonds. The molecule has 1 heterocycles. The van der Waals surface area contributed by atoms with E-state index in [2.05, 4.69) is 38.0 Å². The van der Waals surface area contributed by atoms with Crippen LogP contribution in [0.4, 0.5) is 16.3 Å². The van der Waals surface area contributed by atoms with E-state index in [4.69, 9.17) is 29.0 Å². The Morgan fingerprint density at radius 1 is 0.898 bits per heavy atom. The van der Waals surface area contributed by atoms with Crippen LogP contribution in [0.2, 0.25) is 0 Å². The largest absolute Gasteiger partial charge is 0.444 e. The Kier molecular flexibility index (Phi) is 13.1. The second-order valence-corrected chi connectivity index (χ2v) is 13.4. The first kappa shape index (κ1) is 37.9. The zero-order valence-electron chi connectivity index (χ0n) is 29.1. The SMILES string of the molecule is C=CCc1c(C)nc(-c2ccccc2)nc1Nc1ccc(C(=O)Oc2ccc(C[C@H](NC(=O)OC(C)(C)C)C(C)(C)C)cc2)cc1.O=C=O. The maximum absolute atomic E-state index is 13.0. The van der Waals surface area contributed by atoms with Gasteiger partial charge in [0.15, 0.2) is 5.82 Å². The van der Waals surface area contributed by atoms with E-state index in [1.807, 2.05) is 88.4 Å². The molecule has 0 aliphatic rings. The van der Waals surface area contributed by atoms with Crippen LogP contribution in [0.5, 0.6) is 5.75 Å². The van der Waals surface area contributed by atoms with E-state index < -0.39 is 17.7 Å². The fourth-order valence-corrected chi connectivity index (χ4v) is 4.75. The number of rotatable bonds is 10. The first-order chi connectivity index (χ1) is 23.1. The third kappa shape index (κ3) is 11.9. The normalized spacial score (nSPS) is 11.6. The van der Waals surface area contributed by atoms with Gasteiger partial charge in [0.25, 0.3) is 0 Å². The van der Waals surface area contributed by atoms with Gasteiger partial charge in [0.05, 0.1) is 5.56 Å². The van der Waals surface area contributed by atoms with E-state index >= 15 is 0 Å². The predicted octanol–water partition coefficient (Wildman–Crippen LogP) is 8.04. The Balaban J connectivity index is 0.00000209. The Labute approximate surface area is 288 Å². The van der Waals surface area contributed by atoms with Gasteiger partial charge in [-0.15, -0.1) is 6.58 Å². The highest BCUT2D eigenvalue weighted by Gasteiger charge is 2.28. The average molecular weight is 665 g/mol. The number of hydrogen-bond acceptors (Lipinski definition) is 9. The van der Waals surface area contributed by atoms with E-state index in [0.717, 1.165) is 28.1 Å². The maximum atomic E-state index is 13.0. The number of alkyl carbamates (subject to hydrolysis) is 1. The molecule has 0 saturated carbocycles. The van der Waals surface area contributed by atoms with E-state index in [1.165, 1.54) is 0 Å². The van der Waals surface area contributed by atoms with Crippen molar-refractivity contribution in [3.63, 3.8) is 0 Å². The van der Waals surface area contributed by atoms with E-state index in [9.17, 15) is 9.59 Å². The Morgan fingerprint density at radius 2 is 1.51 bits per heavy atom. The van der Waals surface area contributed by atoms with Crippen molar-refractivity contribution >= 4 is 29.7 Å². The topological polar surface area (TPSA) is 137 Å². The lowest BCUT2D eigenvalue weighted by Gasteiger charge is -2.32. The Hall–Kier alpha value is -5.60. The van der Waals surface area contributed by atoms with Crippen LogP contribution in [0.15, 0.2) is 91.5 Å². The molecular weight excluding hydrogens is 620 g/mol. The lowest BCUT2D eigenvalue weighted by Crippen LogP contribution is -2.47. The van der Waals surface area contributed by atoms with Crippen molar-refractivity contribution in [3.8, 4) is 17.1 Å². The van der Waals surface area contributed by atoms with Crippen molar-refractivity contribution in [2.45, 2.75) is 73.0 Å². The van der Waals surface area contributed by atoms with Gasteiger partial charge in [-0.3, -0.25) is 0 Å². The number of esters is 1. The van der Waals surface area contributed by atoms with Crippen molar-refractivity contribution in [2.24, 2.45) is 5.41 Å². The third-order valence-electron chi connectivity index (χ3n) is 7.29. The number of aromatic nitrogens is 2. The smallest absolute Gasteiger partial charge is 0.407 e. The second-order valence-electron chi connectivity index (χ2n) is 13.4. The monoisotopic (exact) mass is 664 g/mol. The van der Waals surface area contributed by atoms with E-state index in [1.54, 1.807) is 24.3 Å². The standard InChI is InChI=1S/C38H44N4O4.CO2/c1-9-13-31-25(2)39-33(27-14-11-10-12-15-27)42-34(31)40-29-20-18-28(19-21-29)35(43)45-30-22-16-26(17-23-30)24-32(37(3,4)5)41-36(44)46-38(6,7)8;2-1-3/h9-12,14-23,32H,1,13,24H2,2-8H3,(H,41,44)(H,39,40,42);/t32-;/m0./s1. The lowest BCUT2D eigenvalue weighted by molar-refractivity contribution is -0.191. The minimum atomic E-state index is -0.577. The molecule has 3 aromatic carbocycles. The Bertz CT molecular complexity index is 1750. The van der Waals surface area contributed by atoms with Crippen LogP contribution in [0.25, 0.3) is 11.4 Å². The maximum Gasteiger partial charge on any atom is 0.407 e. The van der Waals surface area contributed by atoms with Gasteiger partial charge < -0.3 is 20.1 Å². The van der Waals surface area contributed by atoms with Crippen LogP contribution in [-0.2, 0) is 27.2 Å². The molecule has 256 valence electrons. The van der Waals surface area contributed by atoms with Crippen molar-refractivity contribution in [2.75, 3.05) is 5.32 Å². The number of nitrogens with one attached hydrogen (secondary N) is 2. The highest BCUT2D eigenvalue weighted by atomic mass is 16.6. The minimum Gasteiger partial charge on any atom is -0.444 e. The number of carbonyl (C=O) groups excluding carboxylic acids is 4. The molecule has 0 bridgehead atoms. The quantitative estimate of drug-likeness (QED) is 0.0980. The molecule has 2 N–H and O–H groups in total. The zero-order chi connectivity index (χ0) is 36.2. The van der Waals surface area contributed by atoms with Gasteiger partial charge in [0.2, 0.25) is 0 Å². The van der Waals surface area contributed by atoms with Crippen LogP contribution in [0.1, 0.15) is 68.7 Å². The van der Waals surface area contributed by atoms with Gasteiger partial charge in [-0.1, -0.05) is 69.3 Å². The van der Waals surface area contributed by atoms with Crippen LogP contribution in [-0.4, -0.2) is 39.8 Å². The summed E-state index contributed by atoms with van der Waals surface area (Å²) in [6, 6.07) is 24.1.